The average molecular weight is 264 g/mol. The van der Waals surface area contributed by atoms with Gasteiger partial charge in [-0.05, 0) is 5.92 Å². The van der Waals surface area contributed by atoms with E-state index in [2.05, 4.69) is 0 Å². The van der Waals surface area contributed by atoms with Crippen molar-refractivity contribution in [3.8, 4) is 0 Å². The van der Waals surface area contributed by atoms with Crippen molar-refractivity contribution < 1.29 is 9.59 Å². The second-order valence-corrected chi connectivity index (χ2v) is 5.37. The molecule has 0 spiro atoms. The molecule has 100 valence electrons. The van der Waals surface area contributed by atoms with Crippen LogP contribution in [-0.2, 0) is 0 Å². The first-order chi connectivity index (χ1) is 9.70. The summed E-state index contributed by atoms with van der Waals surface area (Å²) in [5.74, 6) is -0.00890. The summed E-state index contributed by atoms with van der Waals surface area (Å²) in [6.45, 7) is 1.98. The van der Waals surface area contributed by atoms with Gasteiger partial charge in [-0.15, -0.1) is 0 Å². The van der Waals surface area contributed by atoms with Gasteiger partial charge in [0.25, 0.3) is 0 Å². The molecule has 1 saturated carbocycles. The number of Topliss-reactive ketones (excluding diaryl/α,β-unsaturated/α-hetero) is 2. The molecular weight excluding hydrogens is 248 g/mol. The van der Waals surface area contributed by atoms with Crippen molar-refractivity contribution in [3.05, 3.63) is 71.8 Å². The van der Waals surface area contributed by atoms with Crippen LogP contribution in [0.1, 0.15) is 27.6 Å². The number of hydrogen-bond acceptors (Lipinski definition) is 2. The van der Waals surface area contributed by atoms with Gasteiger partial charge >= 0.3 is 0 Å². The number of carbonyl (C=O) groups is 2. The van der Waals surface area contributed by atoms with E-state index in [9.17, 15) is 9.59 Å². The molecule has 0 aliphatic heterocycles. The molecule has 2 aromatic carbocycles. The van der Waals surface area contributed by atoms with Crippen LogP contribution in [0.2, 0.25) is 0 Å². The Hall–Kier alpha value is -2.22. The Bertz CT molecular complexity index is 573. The predicted molar refractivity (Wildman–Crippen MR) is 77.7 cm³/mol. The smallest absolute Gasteiger partial charge is 0.166 e. The highest BCUT2D eigenvalue weighted by Crippen LogP contribution is 2.49. The highest BCUT2D eigenvalue weighted by molar-refractivity contribution is 6.08. The zero-order valence-corrected chi connectivity index (χ0v) is 11.3. The van der Waals surface area contributed by atoms with E-state index in [-0.39, 0.29) is 29.3 Å². The molecule has 1 aliphatic rings. The minimum atomic E-state index is -0.162. The second kappa shape index (κ2) is 5.04. The van der Waals surface area contributed by atoms with E-state index in [1.54, 1.807) is 0 Å². The zero-order valence-electron chi connectivity index (χ0n) is 11.3. The van der Waals surface area contributed by atoms with Crippen molar-refractivity contribution in [1.29, 1.82) is 0 Å². The molecule has 3 rings (SSSR count). The van der Waals surface area contributed by atoms with Gasteiger partial charge in [-0.1, -0.05) is 67.6 Å². The minimum absolute atomic E-state index is 0.0902. The van der Waals surface area contributed by atoms with Crippen molar-refractivity contribution in [2.45, 2.75) is 6.92 Å². The normalized spacial score (nSPS) is 24.1. The van der Waals surface area contributed by atoms with Crippen molar-refractivity contribution >= 4 is 11.6 Å². The molecule has 2 heteroatoms. The van der Waals surface area contributed by atoms with Gasteiger partial charge in [-0.2, -0.15) is 0 Å². The molecule has 0 saturated heterocycles. The molecule has 2 aromatic rings. The average Bonchev–Trinajstić information content (AvgIpc) is 3.18. The monoisotopic (exact) mass is 264 g/mol. The van der Waals surface area contributed by atoms with Gasteiger partial charge in [0.05, 0.1) is 0 Å². The third-order valence-corrected chi connectivity index (χ3v) is 4.10. The fourth-order valence-corrected chi connectivity index (χ4v) is 2.86. The quantitative estimate of drug-likeness (QED) is 0.790. The Morgan fingerprint density at radius 3 is 1.40 bits per heavy atom. The number of rotatable bonds is 4. The maximum Gasteiger partial charge on any atom is 0.166 e. The maximum atomic E-state index is 12.4. The van der Waals surface area contributed by atoms with Gasteiger partial charge < -0.3 is 0 Å². The van der Waals surface area contributed by atoms with Crippen molar-refractivity contribution in [2.24, 2.45) is 17.8 Å². The summed E-state index contributed by atoms with van der Waals surface area (Å²) in [6, 6.07) is 18.5. The Labute approximate surface area is 118 Å². The van der Waals surface area contributed by atoms with Crippen molar-refractivity contribution in [1.82, 2.24) is 0 Å². The van der Waals surface area contributed by atoms with E-state index in [4.69, 9.17) is 0 Å². The molecule has 0 aromatic heterocycles. The molecule has 20 heavy (non-hydrogen) atoms. The van der Waals surface area contributed by atoms with Crippen LogP contribution in [-0.4, -0.2) is 11.6 Å². The molecule has 3 atom stereocenters. The highest BCUT2D eigenvalue weighted by Gasteiger charge is 2.55. The fourth-order valence-electron chi connectivity index (χ4n) is 2.86. The molecule has 1 aliphatic carbocycles. The minimum Gasteiger partial charge on any atom is -0.294 e. The van der Waals surface area contributed by atoms with Gasteiger partial charge in [-0.3, -0.25) is 9.59 Å². The number of hydrogen-bond donors (Lipinski definition) is 0. The van der Waals surface area contributed by atoms with Crippen LogP contribution in [0.5, 0.6) is 0 Å². The molecule has 2 nitrogen and oxygen atoms in total. The summed E-state index contributed by atoms with van der Waals surface area (Å²) >= 11 is 0. The SMILES string of the molecule is CC1[C@@H](C(=O)c2ccccc2)[C@H]1C(=O)c1ccccc1. The van der Waals surface area contributed by atoms with Crippen LogP contribution in [0.25, 0.3) is 0 Å². The number of ketones is 2. The van der Waals surface area contributed by atoms with Crippen LogP contribution in [0, 0.1) is 17.8 Å². The summed E-state index contributed by atoms with van der Waals surface area (Å²) in [6.07, 6.45) is 0. The largest absolute Gasteiger partial charge is 0.294 e. The summed E-state index contributed by atoms with van der Waals surface area (Å²) < 4.78 is 0. The topological polar surface area (TPSA) is 34.1 Å². The van der Waals surface area contributed by atoms with Crippen molar-refractivity contribution in [3.63, 3.8) is 0 Å². The van der Waals surface area contributed by atoms with Gasteiger partial charge in [0.2, 0.25) is 0 Å². The first-order valence-electron chi connectivity index (χ1n) is 6.88. The third-order valence-electron chi connectivity index (χ3n) is 4.10. The standard InChI is InChI=1S/C18H16O2/c1-12-15(17(19)13-8-4-2-5-9-13)16(12)18(20)14-10-6-3-7-11-14/h2-12,15-16H,1H3/t12?,15-,16+. The van der Waals surface area contributed by atoms with Crippen LogP contribution >= 0.6 is 0 Å². The maximum absolute atomic E-state index is 12.4. The van der Waals surface area contributed by atoms with E-state index in [0.29, 0.717) is 11.1 Å². The van der Waals surface area contributed by atoms with Crippen molar-refractivity contribution in [2.75, 3.05) is 0 Å². The Kier molecular flexibility index (Phi) is 3.23. The first-order valence-corrected chi connectivity index (χ1v) is 6.88. The second-order valence-electron chi connectivity index (χ2n) is 5.37. The first kappa shape index (κ1) is 12.8. The molecule has 1 fully saturated rings. The molecule has 1 unspecified atom stereocenters. The van der Waals surface area contributed by atoms with E-state index in [1.807, 2.05) is 67.6 Å². The molecule has 0 amide bonds. The van der Waals surface area contributed by atoms with Gasteiger partial charge in [0, 0.05) is 23.0 Å². The molecule has 0 radical (unpaired) electrons. The number of benzene rings is 2. The summed E-state index contributed by atoms with van der Waals surface area (Å²) in [4.78, 5) is 24.8. The fraction of sp³-hybridized carbons (Fsp3) is 0.222. The van der Waals surface area contributed by atoms with E-state index in [0.717, 1.165) is 0 Å². The zero-order chi connectivity index (χ0) is 14.1. The lowest BCUT2D eigenvalue weighted by atomic mass is 10.0. The Balaban J connectivity index is 1.78. The van der Waals surface area contributed by atoms with E-state index in [1.165, 1.54) is 0 Å². The van der Waals surface area contributed by atoms with Crippen LogP contribution < -0.4 is 0 Å². The number of carbonyl (C=O) groups excluding carboxylic acids is 2. The summed E-state index contributed by atoms with van der Waals surface area (Å²) in [7, 11) is 0. The molecule has 0 bridgehead atoms. The molecule has 0 N–H and O–H groups in total. The van der Waals surface area contributed by atoms with Crippen LogP contribution in [0.15, 0.2) is 60.7 Å². The van der Waals surface area contributed by atoms with Crippen LogP contribution in [0.3, 0.4) is 0 Å². The lowest BCUT2D eigenvalue weighted by molar-refractivity contribution is 0.0906. The summed E-state index contributed by atoms with van der Waals surface area (Å²) in [5, 5.41) is 0. The Morgan fingerprint density at radius 2 is 1.05 bits per heavy atom. The molecule has 0 heterocycles. The predicted octanol–water partition coefficient (Wildman–Crippen LogP) is 3.63. The lowest BCUT2D eigenvalue weighted by Gasteiger charge is -2.00. The van der Waals surface area contributed by atoms with Gasteiger partial charge in [-0.25, -0.2) is 0 Å². The van der Waals surface area contributed by atoms with E-state index < -0.39 is 0 Å². The van der Waals surface area contributed by atoms with Crippen LogP contribution in [0.4, 0.5) is 0 Å². The van der Waals surface area contributed by atoms with Gasteiger partial charge in [0.15, 0.2) is 11.6 Å². The summed E-state index contributed by atoms with van der Waals surface area (Å²) in [5.41, 5.74) is 1.40. The van der Waals surface area contributed by atoms with E-state index >= 15 is 0 Å². The van der Waals surface area contributed by atoms with Gasteiger partial charge in [0.1, 0.15) is 0 Å². The Morgan fingerprint density at radius 1 is 0.700 bits per heavy atom. The lowest BCUT2D eigenvalue weighted by Crippen LogP contribution is -2.09. The highest BCUT2D eigenvalue weighted by atomic mass is 16.1. The third kappa shape index (κ3) is 2.18. The molecular formula is C18H16O2.